The maximum absolute atomic E-state index is 5.80. The highest BCUT2D eigenvalue weighted by Gasteiger charge is 2.18. The highest BCUT2D eigenvalue weighted by atomic mass is 79.9. The van der Waals surface area contributed by atoms with Gasteiger partial charge in [-0.3, -0.25) is 0 Å². The second kappa shape index (κ2) is 4.22. The molecule has 0 aliphatic carbocycles. The summed E-state index contributed by atoms with van der Waals surface area (Å²) in [6, 6.07) is 6.03. The third kappa shape index (κ3) is 1.87. The maximum atomic E-state index is 5.80. The van der Waals surface area contributed by atoms with E-state index in [0.29, 0.717) is 6.10 Å². The summed E-state index contributed by atoms with van der Waals surface area (Å²) in [6.45, 7) is 0. The molecule has 0 aromatic heterocycles. The van der Waals surface area contributed by atoms with E-state index < -0.39 is 0 Å². The molecular weight excluding hydrogens is 244 g/mol. The van der Waals surface area contributed by atoms with Crippen LogP contribution < -0.4 is 9.47 Å². The summed E-state index contributed by atoms with van der Waals surface area (Å²) in [7, 11) is 1.67. The third-order valence-electron chi connectivity index (χ3n) is 2.48. The van der Waals surface area contributed by atoms with E-state index in [1.807, 2.05) is 12.1 Å². The number of rotatable bonds is 2. The van der Waals surface area contributed by atoms with E-state index in [2.05, 4.69) is 22.0 Å². The summed E-state index contributed by atoms with van der Waals surface area (Å²) in [5, 5.41) is 0.893. The number of fused-ring (bicyclic) bond motifs is 1. The van der Waals surface area contributed by atoms with Gasteiger partial charge >= 0.3 is 0 Å². The number of hydrogen-bond acceptors (Lipinski definition) is 2. The second-order valence-corrected chi connectivity index (χ2v) is 4.05. The Hall–Kier alpha value is -0.700. The van der Waals surface area contributed by atoms with E-state index in [0.717, 1.165) is 29.7 Å². The van der Waals surface area contributed by atoms with Crippen LogP contribution in [0.3, 0.4) is 0 Å². The lowest BCUT2D eigenvalue weighted by molar-refractivity contribution is 0.197. The Balaban J connectivity index is 2.25. The van der Waals surface area contributed by atoms with Crippen LogP contribution in [0.15, 0.2) is 18.2 Å². The van der Waals surface area contributed by atoms with Crippen molar-refractivity contribution < 1.29 is 9.47 Å². The molecule has 3 heteroatoms. The van der Waals surface area contributed by atoms with Crippen LogP contribution >= 0.6 is 15.9 Å². The van der Waals surface area contributed by atoms with Crippen molar-refractivity contribution in [2.45, 2.75) is 18.9 Å². The molecule has 0 amide bonds. The Labute approximate surface area is 92.3 Å². The van der Waals surface area contributed by atoms with Crippen molar-refractivity contribution in [2.75, 3.05) is 12.4 Å². The van der Waals surface area contributed by atoms with E-state index in [4.69, 9.17) is 9.47 Å². The van der Waals surface area contributed by atoms with Crippen molar-refractivity contribution in [2.24, 2.45) is 0 Å². The summed E-state index contributed by atoms with van der Waals surface area (Å²) in [5.74, 6) is 1.83. The zero-order chi connectivity index (χ0) is 9.97. The summed E-state index contributed by atoms with van der Waals surface area (Å²) in [4.78, 5) is 0. The molecule has 14 heavy (non-hydrogen) atoms. The van der Waals surface area contributed by atoms with Crippen molar-refractivity contribution in [3.05, 3.63) is 23.8 Å². The summed E-state index contributed by atoms with van der Waals surface area (Å²) in [6.07, 6.45) is 2.48. The monoisotopic (exact) mass is 256 g/mol. The fourth-order valence-corrected chi connectivity index (χ4v) is 2.10. The number of halogens is 1. The predicted molar refractivity (Wildman–Crippen MR) is 59.5 cm³/mol. The van der Waals surface area contributed by atoms with Crippen LogP contribution in [-0.4, -0.2) is 18.5 Å². The molecule has 0 bridgehead atoms. The van der Waals surface area contributed by atoms with Gasteiger partial charge in [0.25, 0.3) is 0 Å². The molecule has 1 aliphatic heterocycles. The van der Waals surface area contributed by atoms with Gasteiger partial charge in [-0.25, -0.2) is 0 Å². The lowest BCUT2D eigenvalue weighted by Crippen LogP contribution is -2.23. The lowest BCUT2D eigenvalue weighted by atomic mass is 10.0. The van der Waals surface area contributed by atoms with Crippen LogP contribution in [0.4, 0.5) is 0 Å². The number of alkyl halides is 1. The number of ether oxygens (including phenoxy) is 2. The van der Waals surface area contributed by atoms with Gasteiger partial charge in [-0.15, -0.1) is 0 Å². The van der Waals surface area contributed by atoms with Gasteiger partial charge in [0, 0.05) is 11.4 Å². The van der Waals surface area contributed by atoms with Gasteiger partial charge in [0.15, 0.2) is 0 Å². The molecule has 1 atom stereocenters. The van der Waals surface area contributed by atoms with Crippen molar-refractivity contribution in [1.82, 2.24) is 0 Å². The van der Waals surface area contributed by atoms with E-state index in [9.17, 15) is 0 Å². The summed E-state index contributed by atoms with van der Waals surface area (Å²) < 4.78 is 11.0. The third-order valence-corrected chi connectivity index (χ3v) is 3.20. The van der Waals surface area contributed by atoms with Gasteiger partial charge in [-0.2, -0.15) is 0 Å². The molecule has 0 N–H and O–H groups in total. The number of methoxy groups -OCH3 is 1. The molecule has 76 valence electrons. The lowest BCUT2D eigenvalue weighted by Gasteiger charge is -2.24. The highest BCUT2D eigenvalue weighted by molar-refractivity contribution is 9.09. The number of benzene rings is 1. The Bertz CT molecular complexity index is 325. The molecule has 0 fully saturated rings. The smallest absolute Gasteiger partial charge is 0.126 e. The fraction of sp³-hybridized carbons (Fsp3) is 0.455. The van der Waals surface area contributed by atoms with Gasteiger partial charge in [-0.05, 0) is 24.5 Å². The standard InChI is InChI=1S/C11H13BrO2/c1-13-9-4-2-8-3-5-10(7-12)14-11(8)6-9/h2,4,6,10H,3,5,7H2,1H3. The van der Waals surface area contributed by atoms with E-state index in [-0.39, 0.29) is 0 Å². The molecule has 1 heterocycles. The summed E-state index contributed by atoms with van der Waals surface area (Å²) >= 11 is 3.44. The quantitative estimate of drug-likeness (QED) is 0.758. The number of hydrogen-bond donors (Lipinski definition) is 0. The largest absolute Gasteiger partial charge is 0.497 e. The van der Waals surface area contributed by atoms with Gasteiger partial charge in [0.1, 0.15) is 17.6 Å². The van der Waals surface area contributed by atoms with Crippen molar-refractivity contribution >= 4 is 15.9 Å². The van der Waals surface area contributed by atoms with Gasteiger partial charge in [0.05, 0.1) is 7.11 Å². The maximum Gasteiger partial charge on any atom is 0.126 e. The van der Waals surface area contributed by atoms with E-state index in [1.54, 1.807) is 7.11 Å². The molecule has 1 aromatic rings. The molecule has 0 saturated heterocycles. The zero-order valence-electron chi connectivity index (χ0n) is 8.13. The van der Waals surface area contributed by atoms with Gasteiger partial charge < -0.3 is 9.47 Å². The average molecular weight is 257 g/mol. The van der Waals surface area contributed by atoms with Crippen molar-refractivity contribution in [3.8, 4) is 11.5 Å². The minimum absolute atomic E-state index is 0.301. The molecule has 0 saturated carbocycles. The first-order chi connectivity index (χ1) is 6.83. The minimum atomic E-state index is 0.301. The van der Waals surface area contributed by atoms with Crippen LogP contribution in [-0.2, 0) is 6.42 Å². The first-order valence-electron chi connectivity index (χ1n) is 4.73. The van der Waals surface area contributed by atoms with Crippen molar-refractivity contribution in [3.63, 3.8) is 0 Å². The Kier molecular flexibility index (Phi) is 2.96. The summed E-state index contributed by atoms with van der Waals surface area (Å²) in [5.41, 5.74) is 1.28. The fourth-order valence-electron chi connectivity index (χ4n) is 1.64. The normalized spacial score (nSPS) is 19.7. The molecule has 2 nitrogen and oxygen atoms in total. The molecular formula is C11H13BrO2. The Morgan fingerprint density at radius 3 is 3.14 bits per heavy atom. The minimum Gasteiger partial charge on any atom is -0.497 e. The average Bonchev–Trinajstić information content (AvgIpc) is 2.27. The molecule has 1 unspecified atom stereocenters. The number of aryl methyl sites for hydroxylation is 1. The topological polar surface area (TPSA) is 18.5 Å². The van der Waals surface area contributed by atoms with Gasteiger partial charge in [0.2, 0.25) is 0 Å². The van der Waals surface area contributed by atoms with E-state index >= 15 is 0 Å². The van der Waals surface area contributed by atoms with Crippen LogP contribution in [0.25, 0.3) is 0 Å². The zero-order valence-corrected chi connectivity index (χ0v) is 9.71. The molecule has 1 aliphatic rings. The molecule has 1 aromatic carbocycles. The van der Waals surface area contributed by atoms with Crippen LogP contribution in [0, 0.1) is 0 Å². The van der Waals surface area contributed by atoms with Crippen LogP contribution in [0.1, 0.15) is 12.0 Å². The predicted octanol–water partition coefficient (Wildman–Crippen LogP) is 2.78. The van der Waals surface area contributed by atoms with Gasteiger partial charge in [-0.1, -0.05) is 22.0 Å². The Morgan fingerprint density at radius 2 is 2.43 bits per heavy atom. The Morgan fingerprint density at radius 1 is 1.57 bits per heavy atom. The second-order valence-electron chi connectivity index (χ2n) is 3.41. The van der Waals surface area contributed by atoms with Crippen LogP contribution in [0.2, 0.25) is 0 Å². The van der Waals surface area contributed by atoms with Crippen LogP contribution in [0.5, 0.6) is 11.5 Å². The first-order valence-corrected chi connectivity index (χ1v) is 5.85. The highest BCUT2D eigenvalue weighted by Crippen LogP contribution is 2.31. The molecule has 0 radical (unpaired) electrons. The SMILES string of the molecule is COc1ccc2c(c1)OC(CBr)CC2. The molecule has 0 spiro atoms. The van der Waals surface area contributed by atoms with Crippen molar-refractivity contribution in [1.29, 1.82) is 0 Å². The first kappa shape index (κ1) is 9.84. The molecule has 2 rings (SSSR count). The van der Waals surface area contributed by atoms with E-state index in [1.165, 1.54) is 5.56 Å².